The summed E-state index contributed by atoms with van der Waals surface area (Å²) in [5.74, 6) is 0.934. The van der Waals surface area contributed by atoms with E-state index in [0.717, 1.165) is 0 Å². The zero-order valence-corrected chi connectivity index (χ0v) is 34.1. The number of nitrogens with zero attached hydrogens (tertiary/aromatic N) is 1. The van der Waals surface area contributed by atoms with Crippen LogP contribution < -0.4 is 20.7 Å². The lowest BCUT2D eigenvalue weighted by Crippen LogP contribution is -2.41. The number of aromatic amines is 1. The molecule has 0 radical (unpaired) electrons. The van der Waals surface area contributed by atoms with E-state index >= 15 is 0 Å². The lowest BCUT2D eigenvalue weighted by molar-refractivity contribution is -0.0944. The van der Waals surface area contributed by atoms with Crippen molar-refractivity contribution in [2.24, 2.45) is 0 Å². The zero-order valence-electron chi connectivity index (χ0n) is 32.3. The number of aliphatic hydroxyl groups excluding tert-OH is 1. The molecule has 0 unspecified atom stereocenters. The van der Waals surface area contributed by atoms with E-state index in [1.807, 2.05) is 60.7 Å². The summed E-state index contributed by atoms with van der Waals surface area (Å²) in [4.78, 5) is 27.0. The van der Waals surface area contributed by atoms with E-state index in [4.69, 9.17) is 23.4 Å². The third kappa shape index (κ3) is 9.07. The number of H-pyrrole nitrogens is 1. The number of aliphatic hydroxyl groups is 1. The van der Waals surface area contributed by atoms with E-state index in [-0.39, 0.29) is 36.2 Å². The minimum absolute atomic E-state index is 0.0451. The lowest BCUT2D eigenvalue weighted by atomic mass is 9.79. The number of rotatable bonds is 15. The van der Waals surface area contributed by atoms with E-state index in [0.29, 0.717) is 39.3 Å². The number of sulfone groups is 1. The predicted molar refractivity (Wildman–Crippen MR) is 209 cm³/mol. The Morgan fingerprint density at radius 2 is 1.52 bits per heavy atom. The van der Waals surface area contributed by atoms with Crippen molar-refractivity contribution in [2.75, 3.05) is 33.2 Å². The van der Waals surface area contributed by atoms with Crippen molar-refractivity contribution in [2.45, 2.75) is 82.0 Å². The highest BCUT2D eigenvalue weighted by Crippen LogP contribution is 2.43. The van der Waals surface area contributed by atoms with Crippen LogP contribution in [0.4, 0.5) is 0 Å². The van der Waals surface area contributed by atoms with Gasteiger partial charge in [-0.3, -0.25) is 14.3 Å². The monoisotopic (exact) mass is 780 g/mol. The quantitative estimate of drug-likeness (QED) is 0.118. The second-order valence-electron chi connectivity index (χ2n) is 15.3. The number of hydrogen-bond donors (Lipinski definition) is 2. The van der Waals surface area contributed by atoms with Gasteiger partial charge in [0.15, 0.2) is 18.2 Å². The largest absolute Gasteiger partial charge is 0.497 e. The van der Waals surface area contributed by atoms with E-state index in [9.17, 15) is 23.1 Å². The Morgan fingerprint density at radius 1 is 0.926 bits per heavy atom. The lowest BCUT2D eigenvalue weighted by Gasteiger charge is -2.37. The summed E-state index contributed by atoms with van der Waals surface area (Å²) in [6.45, 7) is 12.1. The number of ether oxygens (including phenoxy) is 4. The molecular weight excluding hydrogens is 729 g/mol. The predicted octanol–water partition coefficient (Wildman–Crippen LogP) is 5.46. The minimum atomic E-state index is -3.57. The van der Waals surface area contributed by atoms with Crippen molar-refractivity contribution in [1.29, 1.82) is 0 Å². The molecule has 2 heterocycles. The first-order valence-corrected chi connectivity index (χ1v) is 22.6. The smallest absolute Gasteiger partial charge is 0.330 e. The first kappa shape index (κ1) is 41.1. The Hall–Kier alpha value is -4.05. The molecule has 292 valence electrons. The van der Waals surface area contributed by atoms with Crippen LogP contribution in [0.3, 0.4) is 0 Å². The second-order valence-corrected chi connectivity index (χ2v) is 22.3. The minimum Gasteiger partial charge on any atom is -0.497 e. The Bertz CT molecular complexity index is 2080. The van der Waals surface area contributed by atoms with Gasteiger partial charge in [0.05, 0.1) is 38.4 Å². The maximum Gasteiger partial charge on any atom is 0.330 e. The van der Waals surface area contributed by atoms with Crippen molar-refractivity contribution in [3.63, 3.8) is 0 Å². The van der Waals surface area contributed by atoms with Crippen molar-refractivity contribution >= 4 is 18.2 Å². The Balaban J connectivity index is 1.53. The van der Waals surface area contributed by atoms with Gasteiger partial charge in [0, 0.05) is 24.8 Å². The van der Waals surface area contributed by atoms with E-state index in [1.165, 1.54) is 10.8 Å². The zero-order chi connectivity index (χ0) is 39.5. The summed E-state index contributed by atoms with van der Waals surface area (Å²) in [5.41, 5.74) is 0.452. The topological polar surface area (TPSA) is 155 Å². The summed E-state index contributed by atoms with van der Waals surface area (Å²) < 4.78 is 58.6. The van der Waals surface area contributed by atoms with Crippen LogP contribution in [0.25, 0.3) is 0 Å². The third-order valence-corrected chi connectivity index (χ3v) is 16.6. The molecule has 0 saturated carbocycles. The molecule has 14 heteroatoms. The van der Waals surface area contributed by atoms with E-state index < -0.39 is 53.4 Å². The van der Waals surface area contributed by atoms with Gasteiger partial charge in [-0.25, -0.2) is 13.2 Å². The summed E-state index contributed by atoms with van der Waals surface area (Å²) in [7, 11) is -2.55. The molecule has 3 atom stereocenters. The van der Waals surface area contributed by atoms with Crippen LogP contribution >= 0.6 is 0 Å². The number of aromatic nitrogens is 2. The van der Waals surface area contributed by atoms with Crippen LogP contribution in [0.5, 0.6) is 11.5 Å². The molecule has 1 aromatic heterocycles. The van der Waals surface area contributed by atoms with Crippen molar-refractivity contribution in [3.8, 4) is 11.5 Å². The molecule has 2 N–H and O–H groups in total. The van der Waals surface area contributed by atoms with Gasteiger partial charge < -0.3 is 28.5 Å². The Labute approximate surface area is 318 Å². The fourth-order valence-corrected chi connectivity index (χ4v) is 8.65. The highest BCUT2D eigenvalue weighted by molar-refractivity contribution is 7.90. The number of nitrogens with one attached hydrogen (secondary N) is 1. The second kappa shape index (κ2) is 16.4. The molecule has 0 bridgehead atoms. The van der Waals surface area contributed by atoms with Crippen LogP contribution in [0, 0.1) is 6.92 Å². The van der Waals surface area contributed by atoms with E-state index in [2.05, 4.69) is 38.8 Å². The highest BCUT2D eigenvalue weighted by atomic mass is 32.2. The molecule has 1 saturated heterocycles. The molecule has 12 nitrogen and oxygen atoms in total. The molecule has 1 aliphatic rings. The fraction of sp³-hybridized carbons (Fsp3) is 0.450. The van der Waals surface area contributed by atoms with Crippen LogP contribution in [-0.2, 0) is 35.1 Å². The molecule has 4 aromatic rings. The van der Waals surface area contributed by atoms with Gasteiger partial charge in [-0.2, -0.15) is 0 Å². The number of aryl methyl sites for hydroxylation is 1. The summed E-state index contributed by atoms with van der Waals surface area (Å²) in [5, 5.41) is 11.2. The fourth-order valence-electron chi connectivity index (χ4n) is 6.29. The maximum atomic E-state index is 13.5. The van der Waals surface area contributed by atoms with Crippen molar-refractivity contribution < 1.29 is 36.9 Å². The average molecular weight is 781 g/mol. The molecular formula is C40H52N2O10SSi. The normalized spacial score (nSPS) is 18.1. The van der Waals surface area contributed by atoms with Crippen molar-refractivity contribution in [3.05, 3.63) is 128 Å². The van der Waals surface area contributed by atoms with Crippen LogP contribution in [-0.4, -0.2) is 76.8 Å². The SMILES string of the molecule is COc1ccc(C(OC[C@H]2O[C@@H](n3cc(C)c(=O)[nH]c3=O)C[C@@H]2O)(c2ccc(OC)cc2)c2cccc(CS(=O)(=O)CCO[Si](C)(C)C(C)(C)C)c2)cc1. The number of methoxy groups -OCH3 is 2. The Kier molecular flexibility index (Phi) is 12.5. The standard InChI is InChI=1S/C40H52N2O10SSi/c1-27-24-42(38(45)41-37(27)44)36-23-34(43)35(52-36)25-50-40(29-12-16-32(48-5)17-13-29,30-14-18-33(49-6)19-15-30)31-11-9-10-28(22-31)26-53(46,47)21-20-51-54(7,8)39(2,3)4/h9-19,22,24,34-36,43H,20-21,23,25-26H2,1-8H3,(H,41,44,45)/t34-,35+,36+/m0/s1. The molecule has 5 rings (SSSR count). The average Bonchev–Trinajstić information content (AvgIpc) is 3.49. The van der Waals surface area contributed by atoms with E-state index in [1.54, 1.807) is 33.3 Å². The molecule has 1 fully saturated rings. The molecule has 0 aliphatic carbocycles. The van der Waals surface area contributed by atoms with Gasteiger partial charge in [0.2, 0.25) is 0 Å². The van der Waals surface area contributed by atoms with Crippen LogP contribution in [0.2, 0.25) is 18.1 Å². The first-order valence-electron chi connectivity index (χ1n) is 17.9. The summed E-state index contributed by atoms with van der Waals surface area (Å²) in [6, 6.07) is 22.1. The Morgan fingerprint density at radius 3 is 2.07 bits per heavy atom. The summed E-state index contributed by atoms with van der Waals surface area (Å²) >= 11 is 0. The van der Waals surface area contributed by atoms with Gasteiger partial charge >= 0.3 is 5.69 Å². The van der Waals surface area contributed by atoms with Crippen LogP contribution in [0.15, 0.2) is 88.6 Å². The molecule has 54 heavy (non-hydrogen) atoms. The molecule has 0 spiro atoms. The molecule has 3 aromatic carbocycles. The number of benzene rings is 3. The van der Waals surface area contributed by atoms with Crippen molar-refractivity contribution in [1.82, 2.24) is 9.55 Å². The van der Waals surface area contributed by atoms with Gasteiger partial charge in [-0.15, -0.1) is 0 Å². The third-order valence-electron chi connectivity index (χ3n) is 10.5. The maximum absolute atomic E-state index is 13.5. The van der Waals surface area contributed by atoms with Gasteiger partial charge in [-0.1, -0.05) is 69.3 Å². The van der Waals surface area contributed by atoms with Gasteiger partial charge in [0.25, 0.3) is 5.56 Å². The summed E-state index contributed by atoms with van der Waals surface area (Å²) in [6.07, 6.45) is -1.22. The molecule has 0 amide bonds. The first-order chi connectivity index (χ1) is 25.4. The molecule has 1 aliphatic heterocycles. The van der Waals surface area contributed by atoms with Gasteiger partial charge in [-0.05, 0) is 71.6 Å². The van der Waals surface area contributed by atoms with Crippen LogP contribution in [0.1, 0.15) is 61.2 Å². The highest BCUT2D eigenvalue weighted by Gasteiger charge is 2.43. The van der Waals surface area contributed by atoms with Gasteiger partial charge in [0.1, 0.15) is 29.4 Å². The number of hydrogen-bond acceptors (Lipinski definition) is 10.